The molecule has 0 fully saturated rings. The van der Waals surface area contributed by atoms with Gasteiger partial charge in [0, 0.05) is 15.6 Å². The Morgan fingerprint density at radius 2 is 1.81 bits per heavy atom. The predicted octanol–water partition coefficient (Wildman–Crippen LogP) is 6.14. The summed E-state index contributed by atoms with van der Waals surface area (Å²) >= 11 is 0. The zero-order chi connectivity index (χ0) is 24.7. The fourth-order valence-electron chi connectivity index (χ4n) is 2.68. The predicted molar refractivity (Wildman–Crippen MR) is 100 cm³/mol. The Kier molecular flexibility index (Phi) is 3.47. The molecule has 0 radical (unpaired) electrons. The van der Waals surface area contributed by atoms with Crippen LogP contribution in [0.25, 0.3) is 10.8 Å². The van der Waals surface area contributed by atoms with Gasteiger partial charge in [-0.1, -0.05) is 60.7 Å². The van der Waals surface area contributed by atoms with Gasteiger partial charge in [0.1, 0.15) is 0 Å². The van der Waals surface area contributed by atoms with Gasteiger partial charge in [-0.25, -0.2) is 0 Å². The summed E-state index contributed by atoms with van der Waals surface area (Å²) in [5.74, 6) is 0. The van der Waals surface area contributed by atoms with Gasteiger partial charge in [0.15, 0.2) is 0 Å². The van der Waals surface area contributed by atoms with Crippen LogP contribution < -0.4 is 5.32 Å². The van der Waals surface area contributed by atoms with Crippen molar-refractivity contribution >= 4 is 10.8 Å². The van der Waals surface area contributed by atoms with Crippen LogP contribution in [0.5, 0.6) is 0 Å². The van der Waals surface area contributed by atoms with Crippen molar-refractivity contribution in [3.63, 3.8) is 0 Å². The number of aryl methyl sites for hydroxylation is 1. The second-order valence-electron chi connectivity index (χ2n) is 5.76. The maximum Gasteiger partial charge on any atom is 0.416 e. The van der Waals surface area contributed by atoms with Gasteiger partial charge in [0.2, 0.25) is 0 Å². The van der Waals surface area contributed by atoms with E-state index in [1.54, 1.807) is 42.5 Å². The van der Waals surface area contributed by atoms with Gasteiger partial charge in [-0.15, -0.1) is 0 Å². The van der Waals surface area contributed by atoms with E-state index in [1.807, 2.05) is 0 Å². The van der Waals surface area contributed by atoms with Crippen LogP contribution in [-0.4, -0.2) is 6.54 Å². The molecule has 3 aromatic carbocycles. The molecular formula is C22H22F3N. The molecule has 0 aliphatic carbocycles. The van der Waals surface area contributed by atoms with Crippen LogP contribution in [0.4, 0.5) is 13.2 Å². The van der Waals surface area contributed by atoms with Crippen LogP contribution >= 0.6 is 0 Å². The molecule has 1 N–H and O–H groups in total. The highest BCUT2D eigenvalue weighted by Gasteiger charge is 2.30. The SMILES string of the molecule is [2H]C([2H])([2H])[C@@H](NCC([2H])([2H])C([2H])([2H])c1cccc(C(F)(F)F)c1)c1cccc2ccccc12. The van der Waals surface area contributed by atoms with Crippen molar-refractivity contribution in [2.75, 3.05) is 6.54 Å². The molecule has 4 heteroatoms. The van der Waals surface area contributed by atoms with Gasteiger partial charge in [-0.05, 0) is 54.1 Å². The first-order chi connectivity index (χ1) is 15.1. The first kappa shape index (κ1) is 11.4. The lowest BCUT2D eigenvalue weighted by molar-refractivity contribution is -0.137. The van der Waals surface area contributed by atoms with Crippen molar-refractivity contribution in [2.24, 2.45) is 0 Å². The quantitative estimate of drug-likeness (QED) is 0.554. The van der Waals surface area contributed by atoms with Crippen LogP contribution in [0.2, 0.25) is 0 Å². The third-order valence-corrected chi connectivity index (χ3v) is 3.95. The molecule has 3 aromatic rings. The first-order valence-electron chi connectivity index (χ1n) is 11.5. The normalized spacial score (nSPS) is 18.7. The zero-order valence-corrected chi connectivity index (χ0v) is 13.8. The van der Waals surface area contributed by atoms with E-state index in [1.165, 1.54) is 0 Å². The van der Waals surface area contributed by atoms with Crippen LogP contribution in [0.1, 0.15) is 45.6 Å². The third-order valence-electron chi connectivity index (χ3n) is 3.95. The van der Waals surface area contributed by atoms with Gasteiger partial charge < -0.3 is 5.32 Å². The number of hydrogen-bond donors (Lipinski definition) is 1. The average molecular weight is 364 g/mol. The van der Waals surface area contributed by atoms with E-state index >= 15 is 0 Å². The molecule has 136 valence electrons. The summed E-state index contributed by atoms with van der Waals surface area (Å²) in [6.07, 6.45) is -10.3. The summed E-state index contributed by atoms with van der Waals surface area (Å²) in [6.45, 7) is -3.34. The standard InChI is InChI=1S/C22H22F3N/c1-16(20-13-5-10-18-9-2-3-12-21(18)20)26-14-6-8-17-7-4-11-19(15-17)22(23,24)25/h2-5,7,9-13,15-16,26H,6,8,14H2,1H3/t16-/m1/s1/i1D3,6D2,8D2. The van der Waals surface area contributed by atoms with Crippen LogP contribution in [-0.2, 0) is 12.5 Å². The molecule has 0 bridgehead atoms. The summed E-state index contributed by atoms with van der Waals surface area (Å²) in [5.41, 5.74) is -1.19. The van der Waals surface area contributed by atoms with E-state index in [-0.39, 0.29) is 0 Å². The number of rotatable bonds is 6. The fraction of sp³-hybridized carbons (Fsp3) is 0.273. The second-order valence-corrected chi connectivity index (χ2v) is 5.76. The van der Waals surface area contributed by atoms with Gasteiger partial charge in [-0.2, -0.15) is 13.2 Å². The monoisotopic (exact) mass is 364 g/mol. The number of halogens is 3. The molecule has 26 heavy (non-hydrogen) atoms. The van der Waals surface area contributed by atoms with Gasteiger partial charge in [0.05, 0.1) is 5.56 Å². The van der Waals surface area contributed by atoms with E-state index in [9.17, 15) is 13.2 Å². The largest absolute Gasteiger partial charge is 0.416 e. The molecule has 0 spiro atoms. The molecule has 0 saturated carbocycles. The van der Waals surface area contributed by atoms with Gasteiger partial charge in [0.25, 0.3) is 0 Å². The maximum atomic E-state index is 13.1. The van der Waals surface area contributed by atoms with Crippen molar-refractivity contribution in [3.8, 4) is 0 Å². The van der Waals surface area contributed by atoms with E-state index in [0.29, 0.717) is 17.0 Å². The molecule has 0 amide bonds. The molecule has 0 aliphatic heterocycles. The third kappa shape index (κ3) is 4.44. The Bertz CT molecular complexity index is 1120. The number of fused-ring (bicyclic) bond motifs is 1. The Morgan fingerprint density at radius 1 is 1.04 bits per heavy atom. The lowest BCUT2D eigenvalue weighted by Gasteiger charge is -2.17. The van der Waals surface area contributed by atoms with Crippen molar-refractivity contribution < 1.29 is 22.8 Å². The minimum absolute atomic E-state index is 0.392. The topological polar surface area (TPSA) is 12.0 Å². The molecule has 3 rings (SSSR count). The molecule has 1 atom stereocenters. The molecule has 0 aliphatic rings. The van der Waals surface area contributed by atoms with Crippen LogP contribution in [0.3, 0.4) is 0 Å². The highest BCUT2D eigenvalue weighted by Crippen LogP contribution is 2.29. The fourth-order valence-corrected chi connectivity index (χ4v) is 2.68. The average Bonchev–Trinajstić information content (AvgIpc) is 2.72. The van der Waals surface area contributed by atoms with Crippen molar-refractivity contribution in [2.45, 2.75) is 31.8 Å². The summed E-state index contributed by atoms with van der Waals surface area (Å²) in [7, 11) is 0. The Morgan fingerprint density at radius 3 is 2.62 bits per heavy atom. The molecule has 0 heterocycles. The first-order valence-corrected chi connectivity index (χ1v) is 8.03. The number of nitrogens with one attached hydrogen (secondary N) is 1. The molecule has 0 saturated heterocycles. The van der Waals surface area contributed by atoms with Crippen LogP contribution in [0.15, 0.2) is 66.7 Å². The summed E-state index contributed by atoms with van der Waals surface area (Å²) in [6, 6.07) is 14.3. The minimum atomic E-state index is -4.71. The van der Waals surface area contributed by atoms with Gasteiger partial charge >= 0.3 is 6.18 Å². The molecule has 0 unspecified atom stereocenters. The molecule has 1 nitrogen and oxygen atoms in total. The maximum absolute atomic E-state index is 13.1. The summed E-state index contributed by atoms with van der Waals surface area (Å²) in [5, 5.41) is 4.06. The Hall–Kier alpha value is -2.33. The highest BCUT2D eigenvalue weighted by atomic mass is 19.4. The highest BCUT2D eigenvalue weighted by molar-refractivity contribution is 5.86. The lowest BCUT2D eigenvalue weighted by atomic mass is 9.99. The Balaban J connectivity index is 1.93. The summed E-state index contributed by atoms with van der Waals surface area (Å²) in [4.78, 5) is 0. The van der Waals surface area contributed by atoms with Gasteiger partial charge in [-0.3, -0.25) is 0 Å². The van der Waals surface area contributed by atoms with Crippen molar-refractivity contribution in [1.29, 1.82) is 0 Å². The van der Waals surface area contributed by atoms with E-state index in [0.717, 1.165) is 23.6 Å². The van der Waals surface area contributed by atoms with Crippen molar-refractivity contribution in [3.05, 3.63) is 83.4 Å². The lowest BCUT2D eigenvalue weighted by Crippen LogP contribution is -2.20. The second kappa shape index (κ2) is 7.92. The van der Waals surface area contributed by atoms with Crippen molar-refractivity contribution in [1.82, 2.24) is 5.32 Å². The molecular weight excluding hydrogens is 335 g/mol. The zero-order valence-electron chi connectivity index (χ0n) is 20.8. The smallest absolute Gasteiger partial charge is 0.310 e. The van der Waals surface area contributed by atoms with E-state index < -0.39 is 49.5 Å². The number of benzene rings is 3. The minimum Gasteiger partial charge on any atom is -0.310 e. The van der Waals surface area contributed by atoms with E-state index in [2.05, 4.69) is 5.32 Å². The summed E-state index contributed by atoms with van der Waals surface area (Å²) < 4.78 is 96.1. The number of alkyl halides is 3. The van der Waals surface area contributed by atoms with E-state index in [4.69, 9.17) is 9.60 Å². The van der Waals surface area contributed by atoms with Crippen LogP contribution in [0, 0.1) is 0 Å². The molecule has 0 aromatic heterocycles. The number of hydrogen-bond acceptors (Lipinski definition) is 1. The Labute approximate surface area is 161 Å².